The lowest BCUT2D eigenvalue weighted by atomic mass is 10.1. The summed E-state index contributed by atoms with van der Waals surface area (Å²) in [4.78, 5) is 0. The second-order valence-corrected chi connectivity index (χ2v) is 3.53. The molecular formula is C12H7ClN2O. The maximum absolute atomic E-state index is 8.98. The Bertz CT molecular complexity index is 535. The summed E-state index contributed by atoms with van der Waals surface area (Å²) in [6.45, 7) is 0. The molecule has 0 unspecified atom stereocenters. The lowest BCUT2D eigenvalue weighted by Crippen LogP contribution is -1.78. The molecule has 16 heavy (non-hydrogen) atoms. The molecule has 0 amide bonds. The average Bonchev–Trinajstić information content (AvgIpc) is 2.82. The quantitative estimate of drug-likeness (QED) is 0.743. The fourth-order valence-electron chi connectivity index (χ4n) is 1.24. The highest BCUT2D eigenvalue weighted by molar-refractivity contribution is 6.30. The Kier molecular flexibility index (Phi) is 3.04. The van der Waals surface area contributed by atoms with E-state index in [-0.39, 0.29) is 0 Å². The van der Waals surface area contributed by atoms with E-state index < -0.39 is 0 Å². The number of rotatable bonds is 2. The molecule has 1 heterocycles. The van der Waals surface area contributed by atoms with Crippen LogP contribution in [0.5, 0.6) is 0 Å². The number of halogens is 1. The Labute approximate surface area is 97.6 Å². The number of benzene rings is 1. The van der Waals surface area contributed by atoms with Gasteiger partial charge in [-0.25, -0.2) is 0 Å². The van der Waals surface area contributed by atoms with Gasteiger partial charge in [-0.3, -0.25) is 0 Å². The molecule has 0 saturated heterocycles. The summed E-state index contributed by atoms with van der Waals surface area (Å²) in [5.74, 6) is 0.456. The summed E-state index contributed by atoms with van der Waals surface area (Å²) in [5.41, 5.74) is 1.32. The number of aromatic nitrogens is 1. The second kappa shape index (κ2) is 4.65. The van der Waals surface area contributed by atoms with E-state index in [2.05, 4.69) is 11.2 Å². The maximum atomic E-state index is 8.98. The van der Waals surface area contributed by atoms with Crippen LogP contribution in [0.25, 0.3) is 11.6 Å². The van der Waals surface area contributed by atoms with Gasteiger partial charge in [-0.2, -0.15) is 5.26 Å². The highest BCUT2D eigenvalue weighted by atomic mass is 35.5. The van der Waals surface area contributed by atoms with Crippen molar-refractivity contribution < 1.29 is 4.52 Å². The molecule has 0 radical (unpaired) electrons. The Balaban J connectivity index is 2.36. The molecule has 1 aromatic carbocycles. The van der Waals surface area contributed by atoms with Gasteiger partial charge in [-0.1, -0.05) is 28.9 Å². The number of nitrogens with zero attached hydrogens (tertiary/aromatic N) is 2. The van der Waals surface area contributed by atoms with Gasteiger partial charge in [0, 0.05) is 11.1 Å². The van der Waals surface area contributed by atoms with Crippen LogP contribution >= 0.6 is 11.6 Å². The van der Waals surface area contributed by atoms with Crippen molar-refractivity contribution in [1.82, 2.24) is 5.16 Å². The van der Waals surface area contributed by atoms with Crippen LogP contribution in [0.2, 0.25) is 5.02 Å². The number of hydrogen-bond acceptors (Lipinski definition) is 3. The molecule has 0 N–H and O–H groups in total. The third-order valence-corrected chi connectivity index (χ3v) is 2.26. The lowest BCUT2D eigenvalue weighted by molar-refractivity contribution is 0.411. The van der Waals surface area contributed by atoms with Crippen LogP contribution in [0.3, 0.4) is 0 Å². The van der Waals surface area contributed by atoms with Gasteiger partial charge in [0.2, 0.25) is 0 Å². The first kappa shape index (κ1) is 10.5. The second-order valence-electron chi connectivity index (χ2n) is 3.10. The van der Waals surface area contributed by atoms with Crippen LogP contribution in [0.4, 0.5) is 0 Å². The van der Waals surface area contributed by atoms with Crippen molar-refractivity contribution in [2.75, 3.05) is 0 Å². The van der Waals surface area contributed by atoms with E-state index in [4.69, 9.17) is 21.4 Å². The Morgan fingerprint density at radius 1 is 1.31 bits per heavy atom. The van der Waals surface area contributed by atoms with Crippen molar-refractivity contribution >= 4 is 23.3 Å². The monoisotopic (exact) mass is 230 g/mol. The minimum Gasteiger partial charge on any atom is -0.356 e. The summed E-state index contributed by atoms with van der Waals surface area (Å²) in [6, 6.07) is 10.9. The zero-order chi connectivity index (χ0) is 11.4. The molecule has 0 saturated carbocycles. The molecule has 2 rings (SSSR count). The van der Waals surface area contributed by atoms with Gasteiger partial charge in [-0.05, 0) is 23.8 Å². The van der Waals surface area contributed by atoms with Crippen LogP contribution in [0.1, 0.15) is 11.3 Å². The molecule has 0 aliphatic carbocycles. The van der Waals surface area contributed by atoms with Crippen molar-refractivity contribution in [2.45, 2.75) is 0 Å². The maximum Gasteiger partial charge on any atom is 0.177 e. The molecule has 0 fully saturated rings. The molecule has 0 aliphatic heterocycles. The van der Waals surface area contributed by atoms with E-state index in [1.807, 2.05) is 12.1 Å². The Hall–Kier alpha value is -2.05. The standard InChI is InChI=1S/C12H7ClN2O/c13-11-3-1-9(2-4-11)7-10(8-14)12-5-6-15-16-12/h1-7H/b10-7+. The summed E-state index contributed by atoms with van der Waals surface area (Å²) < 4.78 is 4.92. The normalized spacial score (nSPS) is 11.1. The van der Waals surface area contributed by atoms with Crippen molar-refractivity contribution in [1.29, 1.82) is 5.26 Å². The molecule has 3 nitrogen and oxygen atoms in total. The lowest BCUT2D eigenvalue weighted by Gasteiger charge is -1.95. The molecule has 0 aliphatic rings. The zero-order valence-electron chi connectivity index (χ0n) is 8.22. The largest absolute Gasteiger partial charge is 0.356 e. The molecule has 2 aromatic rings. The Morgan fingerprint density at radius 2 is 2.06 bits per heavy atom. The topological polar surface area (TPSA) is 49.8 Å². The predicted molar refractivity (Wildman–Crippen MR) is 61.4 cm³/mol. The van der Waals surface area contributed by atoms with Crippen LogP contribution in [0, 0.1) is 11.3 Å². The van der Waals surface area contributed by atoms with Gasteiger partial charge >= 0.3 is 0 Å². The van der Waals surface area contributed by atoms with Crippen LogP contribution in [0.15, 0.2) is 41.1 Å². The van der Waals surface area contributed by atoms with E-state index in [9.17, 15) is 0 Å². The van der Waals surface area contributed by atoms with Crippen LogP contribution in [-0.2, 0) is 0 Å². The van der Waals surface area contributed by atoms with Gasteiger partial charge in [0.25, 0.3) is 0 Å². The van der Waals surface area contributed by atoms with Gasteiger partial charge < -0.3 is 4.52 Å². The van der Waals surface area contributed by atoms with E-state index in [1.54, 1.807) is 24.3 Å². The third kappa shape index (κ3) is 2.30. The molecule has 0 atom stereocenters. The fourth-order valence-corrected chi connectivity index (χ4v) is 1.36. The van der Waals surface area contributed by atoms with Crippen LogP contribution < -0.4 is 0 Å². The van der Waals surface area contributed by atoms with E-state index in [0.717, 1.165) is 5.56 Å². The summed E-state index contributed by atoms with van der Waals surface area (Å²) >= 11 is 5.77. The highest BCUT2D eigenvalue weighted by Crippen LogP contribution is 2.18. The van der Waals surface area contributed by atoms with E-state index in [0.29, 0.717) is 16.4 Å². The summed E-state index contributed by atoms with van der Waals surface area (Å²) in [5, 5.41) is 13.2. The third-order valence-electron chi connectivity index (χ3n) is 2.00. The predicted octanol–water partition coefficient (Wildman–Crippen LogP) is 3.39. The van der Waals surface area contributed by atoms with Gasteiger partial charge in [0.1, 0.15) is 6.07 Å². The SMILES string of the molecule is N#C/C(=C\c1ccc(Cl)cc1)c1ccno1. The first-order valence-corrected chi connectivity index (χ1v) is 4.96. The minimum absolute atomic E-state index is 0.430. The van der Waals surface area contributed by atoms with Gasteiger partial charge in [-0.15, -0.1) is 0 Å². The first-order chi connectivity index (χ1) is 7.79. The van der Waals surface area contributed by atoms with Crippen molar-refractivity contribution in [2.24, 2.45) is 0 Å². The fraction of sp³-hybridized carbons (Fsp3) is 0. The van der Waals surface area contributed by atoms with E-state index >= 15 is 0 Å². The highest BCUT2D eigenvalue weighted by Gasteiger charge is 2.04. The number of hydrogen-bond donors (Lipinski definition) is 0. The zero-order valence-corrected chi connectivity index (χ0v) is 8.98. The summed E-state index contributed by atoms with van der Waals surface area (Å²) in [6.07, 6.45) is 3.22. The van der Waals surface area contributed by atoms with Crippen molar-refractivity contribution in [3.63, 3.8) is 0 Å². The Morgan fingerprint density at radius 3 is 2.62 bits per heavy atom. The van der Waals surface area contributed by atoms with Crippen LogP contribution in [-0.4, -0.2) is 5.16 Å². The minimum atomic E-state index is 0.430. The molecule has 4 heteroatoms. The molecule has 0 bridgehead atoms. The first-order valence-electron chi connectivity index (χ1n) is 4.58. The number of allylic oxidation sites excluding steroid dienone is 1. The molecule has 78 valence electrons. The molecule has 1 aromatic heterocycles. The van der Waals surface area contributed by atoms with Crippen molar-refractivity contribution in [3.05, 3.63) is 52.9 Å². The molecule has 0 spiro atoms. The summed E-state index contributed by atoms with van der Waals surface area (Å²) in [7, 11) is 0. The smallest absolute Gasteiger partial charge is 0.177 e. The van der Waals surface area contributed by atoms with Gasteiger partial charge in [0.05, 0.1) is 11.8 Å². The van der Waals surface area contributed by atoms with E-state index in [1.165, 1.54) is 6.20 Å². The van der Waals surface area contributed by atoms with Crippen molar-refractivity contribution in [3.8, 4) is 6.07 Å². The molecular weight excluding hydrogens is 224 g/mol. The average molecular weight is 231 g/mol. The number of nitriles is 1. The van der Waals surface area contributed by atoms with Gasteiger partial charge in [0.15, 0.2) is 5.76 Å².